The molecule has 54 valence electrons. The van der Waals surface area contributed by atoms with Gasteiger partial charge in [0.05, 0.1) is 0 Å². The van der Waals surface area contributed by atoms with Crippen LogP contribution in [0.15, 0.2) is 9.38 Å². The van der Waals surface area contributed by atoms with Crippen LogP contribution in [0.25, 0.3) is 0 Å². The van der Waals surface area contributed by atoms with Gasteiger partial charge in [-0.2, -0.15) is 0 Å². The van der Waals surface area contributed by atoms with Gasteiger partial charge in [0.15, 0.2) is 0 Å². The fourth-order valence-electron chi connectivity index (χ4n) is 0.310. The Balaban J connectivity index is 4.68. The topological polar surface area (TPSA) is 66.9 Å². The fraction of sp³-hybridized carbons (Fsp3) is 0.200. The summed E-state index contributed by atoms with van der Waals surface area (Å²) in [6.07, 6.45) is 1.77. The van der Waals surface area contributed by atoms with Gasteiger partial charge < -0.3 is 0 Å². The third kappa shape index (κ3) is 2.44. The second-order valence-corrected chi connectivity index (χ2v) is 3.77. The Kier molecular flexibility index (Phi) is 4.21. The summed E-state index contributed by atoms with van der Waals surface area (Å²) in [5, 5.41) is 8.37. The molecule has 0 spiro atoms. The first-order valence-electron chi connectivity index (χ1n) is 2.30. The molecule has 0 aromatic heterocycles. The molecule has 0 unspecified atom stereocenters. The molecule has 5 heteroatoms. The number of nitrogens with zero attached hydrogens (tertiary/aromatic N) is 1. The zero-order valence-corrected chi connectivity index (χ0v) is 7.98. The summed E-state index contributed by atoms with van der Waals surface area (Å²) in [6.45, 7) is 0. The number of primary amides is 1. The van der Waals surface area contributed by atoms with Crippen molar-refractivity contribution >= 4 is 33.7 Å². The molecule has 0 aromatic rings. The van der Waals surface area contributed by atoms with Crippen LogP contribution in [0.4, 0.5) is 0 Å². The molecule has 0 fully saturated rings. The van der Waals surface area contributed by atoms with Crippen LogP contribution in [0.1, 0.15) is 0 Å². The Bertz CT molecular complexity index is 218. The first-order valence-corrected chi connectivity index (χ1v) is 4.47. The van der Waals surface area contributed by atoms with Crippen molar-refractivity contribution in [3.63, 3.8) is 0 Å². The predicted molar refractivity (Wildman–Crippen MR) is 42.5 cm³/mol. The average molecular weight is 221 g/mol. The van der Waals surface area contributed by atoms with E-state index in [0.29, 0.717) is 3.80 Å². The molecule has 0 saturated carbocycles. The minimum absolute atomic E-state index is 0.0208. The van der Waals surface area contributed by atoms with Gasteiger partial charge in [0, 0.05) is 0 Å². The van der Waals surface area contributed by atoms with Gasteiger partial charge in [0.25, 0.3) is 0 Å². The van der Waals surface area contributed by atoms with Gasteiger partial charge >= 0.3 is 71.2 Å². The summed E-state index contributed by atoms with van der Waals surface area (Å²) in [7, 11) is 0. The number of carbonyl (C=O) groups is 1. The number of nitriles is 1. The zero-order chi connectivity index (χ0) is 8.15. The average Bonchev–Trinajstić information content (AvgIpc) is 1.88. The molecule has 0 radical (unpaired) electrons. The maximum absolute atomic E-state index is 10.4. The van der Waals surface area contributed by atoms with E-state index < -0.39 is 5.91 Å². The molecule has 1 amide bonds. The van der Waals surface area contributed by atoms with Gasteiger partial charge in [-0.05, 0) is 0 Å². The molecule has 0 aliphatic carbocycles. The fourth-order valence-corrected chi connectivity index (χ4v) is 0.997. The summed E-state index contributed by atoms with van der Waals surface area (Å²) >= 11 is 3.45. The van der Waals surface area contributed by atoms with E-state index in [1.807, 2.05) is 0 Å². The minimum atomic E-state index is -0.674. The summed E-state index contributed by atoms with van der Waals surface area (Å²) in [6, 6.07) is 1.72. The molecular formula is C5H6N2OSSe. The Morgan fingerprint density at radius 3 is 2.40 bits per heavy atom. The van der Waals surface area contributed by atoms with Crippen LogP contribution in [0.2, 0.25) is 0 Å². The molecule has 10 heavy (non-hydrogen) atoms. The van der Waals surface area contributed by atoms with Crippen LogP contribution in [-0.4, -0.2) is 28.2 Å². The first-order chi connectivity index (χ1) is 4.63. The molecule has 0 aromatic carbocycles. The molecule has 3 nitrogen and oxygen atoms in total. The van der Waals surface area contributed by atoms with Crippen LogP contribution in [0, 0.1) is 11.3 Å². The van der Waals surface area contributed by atoms with E-state index >= 15 is 0 Å². The quantitative estimate of drug-likeness (QED) is 0.387. The molecule has 0 aliphatic heterocycles. The second kappa shape index (κ2) is 4.40. The number of thioether (sulfide) groups is 1. The van der Waals surface area contributed by atoms with Crippen molar-refractivity contribution in [1.82, 2.24) is 0 Å². The molecule has 0 rings (SSSR count). The number of rotatable bonds is 2. The Morgan fingerprint density at radius 2 is 2.30 bits per heavy atom. The molecule has 0 saturated heterocycles. The second-order valence-electron chi connectivity index (χ2n) is 1.36. The molecule has 0 heterocycles. The van der Waals surface area contributed by atoms with Gasteiger partial charge in [-0.1, -0.05) is 0 Å². The van der Waals surface area contributed by atoms with Crippen molar-refractivity contribution < 1.29 is 4.79 Å². The van der Waals surface area contributed by atoms with E-state index in [-0.39, 0.29) is 5.57 Å². The Labute approximate surface area is 71.5 Å². The van der Waals surface area contributed by atoms with E-state index in [1.54, 1.807) is 12.3 Å². The van der Waals surface area contributed by atoms with E-state index in [0.717, 1.165) is 0 Å². The number of amides is 1. The van der Waals surface area contributed by atoms with Gasteiger partial charge in [-0.3, -0.25) is 0 Å². The van der Waals surface area contributed by atoms with Crippen molar-refractivity contribution in [2.24, 2.45) is 5.73 Å². The van der Waals surface area contributed by atoms with Crippen LogP contribution >= 0.6 is 11.8 Å². The Morgan fingerprint density at radius 1 is 1.80 bits per heavy atom. The number of hydrogen-bond acceptors (Lipinski definition) is 3. The monoisotopic (exact) mass is 222 g/mol. The van der Waals surface area contributed by atoms with Crippen molar-refractivity contribution in [2.75, 3.05) is 6.26 Å². The van der Waals surface area contributed by atoms with Crippen LogP contribution in [0.3, 0.4) is 0 Å². The predicted octanol–water partition coefficient (Wildman–Crippen LogP) is -0.529. The van der Waals surface area contributed by atoms with Crippen LogP contribution in [-0.2, 0) is 4.79 Å². The number of nitrogens with two attached hydrogens (primary N) is 1. The molecular weight excluding hydrogens is 215 g/mol. The maximum atomic E-state index is 10.4. The van der Waals surface area contributed by atoms with E-state index in [4.69, 9.17) is 11.0 Å². The number of carbonyl (C=O) groups excluding carboxylic acids is 1. The third-order valence-electron chi connectivity index (χ3n) is 0.765. The van der Waals surface area contributed by atoms with E-state index in [2.05, 4.69) is 16.0 Å². The first kappa shape index (κ1) is 9.57. The van der Waals surface area contributed by atoms with Crippen molar-refractivity contribution in [1.29, 1.82) is 5.26 Å². The van der Waals surface area contributed by atoms with E-state index in [9.17, 15) is 4.79 Å². The van der Waals surface area contributed by atoms with Crippen molar-refractivity contribution in [3.05, 3.63) is 9.38 Å². The van der Waals surface area contributed by atoms with E-state index in [1.165, 1.54) is 11.8 Å². The number of hydrogen-bond donors (Lipinski definition) is 1. The Hall–Kier alpha value is -0.431. The van der Waals surface area contributed by atoms with Crippen LogP contribution < -0.4 is 5.73 Å². The van der Waals surface area contributed by atoms with Gasteiger partial charge in [-0.25, -0.2) is 0 Å². The van der Waals surface area contributed by atoms with Crippen LogP contribution in [0.5, 0.6) is 0 Å². The standard InChI is InChI=1S/C5H6N2OSSe/c1-9-5(10)3(2-6)4(7)8/h10H,1H3,(H2,7,8). The van der Waals surface area contributed by atoms with Crippen molar-refractivity contribution in [2.45, 2.75) is 0 Å². The molecule has 0 atom stereocenters. The summed E-state index contributed by atoms with van der Waals surface area (Å²) in [5.41, 5.74) is 4.90. The third-order valence-corrected chi connectivity index (χ3v) is 2.97. The van der Waals surface area contributed by atoms with Gasteiger partial charge in [-0.15, -0.1) is 0 Å². The zero-order valence-electron chi connectivity index (χ0n) is 5.29. The van der Waals surface area contributed by atoms with Gasteiger partial charge in [0.2, 0.25) is 0 Å². The summed E-state index contributed by atoms with van der Waals surface area (Å²) in [5.74, 6) is -0.674. The molecule has 0 aliphatic rings. The molecule has 0 bridgehead atoms. The summed E-state index contributed by atoms with van der Waals surface area (Å²) in [4.78, 5) is 10.4. The molecule has 2 N–H and O–H groups in total. The SMILES string of the molecule is CSC([SeH])=C(C#N)C(N)=O. The van der Waals surface area contributed by atoms with Crippen molar-refractivity contribution in [3.8, 4) is 6.07 Å². The normalized spacial score (nSPS) is 11.7. The van der Waals surface area contributed by atoms with Gasteiger partial charge in [0.1, 0.15) is 0 Å². The summed E-state index contributed by atoms with van der Waals surface area (Å²) < 4.78 is 0.600.